The lowest BCUT2D eigenvalue weighted by atomic mass is 10.1. The van der Waals surface area contributed by atoms with Gasteiger partial charge in [0.1, 0.15) is 12.2 Å². The average Bonchev–Trinajstić information content (AvgIpc) is 3.57. The van der Waals surface area contributed by atoms with Crippen LogP contribution in [0.25, 0.3) is 28.3 Å². The van der Waals surface area contributed by atoms with E-state index in [4.69, 9.17) is 9.97 Å². The number of H-pyrrole nitrogens is 1. The Hall–Kier alpha value is -4.04. The van der Waals surface area contributed by atoms with Gasteiger partial charge >= 0.3 is 0 Å². The highest BCUT2D eigenvalue weighted by molar-refractivity contribution is 5.77. The largest absolute Gasteiger partial charge is 0.378 e. The molecule has 8 heteroatoms. The van der Waals surface area contributed by atoms with Crippen molar-refractivity contribution in [2.24, 2.45) is 0 Å². The van der Waals surface area contributed by atoms with Gasteiger partial charge in [0.05, 0.1) is 23.6 Å². The van der Waals surface area contributed by atoms with E-state index in [1.807, 2.05) is 43.5 Å². The van der Waals surface area contributed by atoms with E-state index < -0.39 is 0 Å². The first kappa shape index (κ1) is 24.6. The van der Waals surface area contributed by atoms with Gasteiger partial charge in [0, 0.05) is 29.7 Å². The van der Waals surface area contributed by atoms with Crippen molar-refractivity contribution in [2.75, 3.05) is 18.4 Å². The van der Waals surface area contributed by atoms with Gasteiger partial charge in [-0.3, -0.25) is 9.88 Å². The number of nitrogens with zero attached hydrogens (tertiary/aromatic N) is 6. The maximum Gasteiger partial charge on any atom is 0.155 e. The molecule has 0 radical (unpaired) electrons. The van der Waals surface area contributed by atoms with Crippen molar-refractivity contribution in [2.45, 2.75) is 46.7 Å². The highest BCUT2D eigenvalue weighted by Gasteiger charge is 2.17. The lowest BCUT2D eigenvalue weighted by Gasteiger charge is -2.22. The van der Waals surface area contributed by atoms with Crippen molar-refractivity contribution in [3.05, 3.63) is 84.2 Å². The molecule has 190 valence electrons. The highest BCUT2D eigenvalue weighted by atomic mass is 15.3. The minimum atomic E-state index is 0.572. The van der Waals surface area contributed by atoms with Gasteiger partial charge in [-0.25, -0.2) is 14.5 Å². The molecule has 1 aromatic carbocycles. The van der Waals surface area contributed by atoms with Gasteiger partial charge in [-0.05, 0) is 62.3 Å². The van der Waals surface area contributed by atoms with Crippen LogP contribution < -0.4 is 5.32 Å². The summed E-state index contributed by atoms with van der Waals surface area (Å²) in [5.74, 6) is 0.847. The van der Waals surface area contributed by atoms with Gasteiger partial charge in [-0.2, -0.15) is 5.10 Å². The monoisotopic (exact) mass is 494 g/mol. The van der Waals surface area contributed by atoms with Crippen LogP contribution in [0.5, 0.6) is 0 Å². The number of fused-ring (bicyclic) bond motifs is 1. The first-order valence-corrected chi connectivity index (χ1v) is 13.0. The van der Waals surface area contributed by atoms with Gasteiger partial charge in [0.25, 0.3) is 0 Å². The van der Waals surface area contributed by atoms with Crippen molar-refractivity contribution in [3.63, 3.8) is 0 Å². The Kier molecular flexibility index (Phi) is 7.56. The molecule has 0 aliphatic heterocycles. The lowest BCUT2D eigenvalue weighted by molar-refractivity contribution is 0.276. The zero-order valence-electron chi connectivity index (χ0n) is 21.8. The summed E-state index contributed by atoms with van der Waals surface area (Å²) < 4.78 is 1.77. The van der Waals surface area contributed by atoms with E-state index in [9.17, 15) is 0 Å². The fraction of sp³-hybridized carbons (Fsp3) is 0.310. The van der Waals surface area contributed by atoms with Crippen molar-refractivity contribution >= 4 is 11.3 Å². The SMILES string of the molecule is CCCCN(CC)Cc1ccccc1NCc1nc(-c2ccc3ncnn3c2)c(-c2cccc(C)n2)[nH]1. The number of rotatable bonds is 11. The van der Waals surface area contributed by atoms with Crippen molar-refractivity contribution < 1.29 is 0 Å². The van der Waals surface area contributed by atoms with Crippen LogP contribution in [0.1, 0.15) is 43.8 Å². The zero-order chi connectivity index (χ0) is 25.6. The third kappa shape index (κ3) is 5.70. The number of aromatic amines is 1. The van der Waals surface area contributed by atoms with Crippen LogP contribution in [-0.4, -0.2) is 47.5 Å². The quantitative estimate of drug-likeness (QED) is 0.244. The molecule has 4 aromatic heterocycles. The Balaban J connectivity index is 1.43. The summed E-state index contributed by atoms with van der Waals surface area (Å²) in [6, 6.07) is 18.6. The van der Waals surface area contributed by atoms with E-state index in [2.05, 4.69) is 63.4 Å². The number of para-hydroxylation sites is 1. The molecule has 37 heavy (non-hydrogen) atoms. The topological polar surface area (TPSA) is 87.0 Å². The molecule has 0 unspecified atom stereocenters. The van der Waals surface area contributed by atoms with Gasteiger partial charge in [0.2, 0.25) is 0 Å². The smallest absolute Gasteiger partial charge is 0.155 e. The molecular weight excluding hydrogens is 460 g/mol. The number of anilines is 1. The number of nitrogens with one attached hydrogen (secondary N) is 2. The molecule has 2 N–H and O–H groups in total. The van der Waals surface area contributed by atoms with Crippen LogP contribution in [0, 0.1) is 6.92 Å². The number of benzene rings is 1. The van der Waals surface area contributed by atoms with Crippen LogP contribution in [0.2, 0.25) is 0 Å². The Bertz CT molecular complexity index is 1470. The first-order chi connectivity index (χ1) is 18.1. The van der Waals surface area contributed by atoms with Gasteiger partial charge in [-0.1, -0.05) is 44.5 Å². The Morgan fingerprint density at radius 3 is 2.73 bits per heavy atom. The Morgan fingerprint density at radius 2 is 1.89 bits per heavy atom. The van der Waals surface area contributed by atoms with E-state index in [0.717, 1.165) is 65.1 Å². The number of aromatic nitrogens is 6. The molecule has 5 aromatic rings. The minimum absolute atomic E-state index is 0.572. The fourth-order valence-electron chi connectivity index (χ4n) is 4.52. The molecule has 0 saturated carbocycles. The Morgan fingerprint density at radius 1 is 1.00 bits per heavy atom. The normalized spacial score (nSPS) is 11.5. The van der Waals surface area contributed by atoms with Crippen LogP contribution in [0.3, 0.4) is 0 Å². The van der Waals surface area contributed by atoms with Crippen LogP contribution >= 0.6 is 0 Å². The molecule has 0 saturated heterocycles. The van der Waals surface area contributed by atoms with Crippen LogP contribution in [0.4, 0.5) is 5.69 Å². The molecule has 0 aliphatic rings. The Labute approximate surface area is 217 Å². The standard InChI is InChI=1S/C29H34N8/c1-4-6-16-36(5-2)18-22-11-7-8-12-24(22)30-17-26-34-28(23-14-15-27-31-20-32-37(27)19-23)29(35-26)25-13-9-10-21(3)33-25/h7-15,19-20,30H,4-6,16-18H2,1-3H3,(H,34,35). The summed E-state index contributed by atoms with van der Waals surface area (Å²) >= 11 is 0. The van der Waals surface area contributed by atoms with Crippen molar-refractivity contribution in [1.29, 1.82) is 0 Å². The van der Waals surface area contributed by atoms with E-state index >= 15 is 0 Å². The molecule has 0 aliphatic carbocycles. The van der Waals surface area contributed by atoms with E-state index in [0.29, 0.717) is 6.54 Å². The number of hydrogen-bond acceptors (Lipinski definition) is 6. The molecule has 4 heterocycles. The third-order valence-electron chi connectivity index (χ3n) is 6.58. The fourth-order valence-corrected chi connectivity index (χ4v) is 4.52. The summed E-state index contributed by atoms with van der Waals surface area (Å²) in [5.41, 5.74) is 7.74. The molecule has 0 fully saturated rings. The highest BCUT2D eigenvalue weighted by Crippen LogP contribution is 2.30. The van der Waals surface area contributed by atoms with E-state index in [1.54, 1.807) is 10.8 Å². The van der Waals surface area contributed by atoms with Gasteiger partial charge in [-0.15, -0.1) is 0 Å². The summed E-state index contributed by atoms with van der Waals surface area (Å²) in [6.07, 6.45) is 5.94. The lowest BCUT2D eigenvalue weighted by Crippen LogP contribution is -2.24. The maximum atomic E-state index is 5.01. The van der Waals surface area contributed by atoms with E-state index in [1.165, 1.54) is 18.4 Å². The van der Waals surface area contributed by atoms with Crippen molar-refractivity contribution in [1.82, 2.24) is 34.4 Å². The summed E-state index contributed by atoms with van der Waals surface area (Å²) in [7, 11) is 0. The number of unbranched alkanes of at least 4 members (excludes halogenated alkanes) is 1. The number of imidazole rings is 1. The minimum Gasteiger partial charge on any atom is -0.378 e. The van der Waals surface area contributed by atoms with Crippen molar-refractivity contribution in [3.8, 4) is 22.6 Å². The molecule has 0 spiro atoms. The number of aryl methyl sites for hydroxylation is 1. The number of hydrogen-bond donors (Lipinski definition) is 2. The zero-order valence-corrected chi connectivity index (χ0v) is 21.8. The second-order valence-corrected chi connectivity index (χ2v) is 9.28. The second-order valence-electron chi connectivity index (χ2n) is 9.28. The van der Waals surface area contributed by atoms with Gasteiger partial charge in [0.15, 0.2) is 5.65 Å². The molecule has 0 bridgehead atoms. The third-order valence-corrected chi connectivity index (χ3v) is 6.58. The van der Waals surface area contributed by atoms with Gasteiger partial charge < -0.3 is 10.3 Å². The molecular formula is C29H34N8. The summed E-state index contributed by atoms with van der Waals surface area (Å²) in [5, 5.41) is 7.93. The summed E-state index contributed by atoms with van der Waals surface area (Å²) in [4.78, 5) is 20.1. The molecule has 8 nitrogen and oxygen atoms in total. The predicted octanol–water partition coefficient (Wildman–Crippen LogP) is 5.72. The number of pyridine rings is 2. The average molecular weight is 495 g/mol. The summed E-state index contributed by atoms with van der Waals surface area (Å²) in [6.45, 7) is 10.1. The maximum absolute atomic E-state index is 5.01. The molecule has 0 atom stereocenters. The molecule has 5 rings (SSSR count). The predicted molar refractivity (Wildman–Crippen MR) is 148 cm³/mol. The van der Waals surface area contributed by atoms with E-state index in [-0.39, 0.29) is 0 Å². The van der Waals surface area contributed by atoms with Crippen LogP contribution in [0.15, 0.2) is 67.1 Å². The van der Waals surface area contributed by atoms with Crippen LogP contribution in [-0.2, 0) is 13.1 Å². The molecule has 0 amide bonds. The second kappa shape index (κ2) is 11.3. The first-order valence-electron chi connectivity index (χ1n) is 13.0.